The van der Waals surface area contributed by atoms with Crippen molar-refractivity contribution < 1.29 is 61.4 Å². The van der Waals surface area contributed by atoms with E-state index in [4.69, 9.17) is 25.2 Å². The van der Waals surface area contributed by atoms with Gasteiger partial charge in [0.1, 0.15) is 30.5 Å². The number of nitrogens with zero attached hydrogens (tertiary/aromatic N) is 4. The third kappa shape index (κ3) is 5.58. The predicted octanol–water partition coefficient (Wildman–Crippen LogP) is -1.32. The Labute approximate surface area is 178 Å². The first-order valence-corrected chi connectivity index (χ1v) is 12.9. The molecule has 0 aliphatic carbocycles. The molecule has 0 aromatic carbocycles. The summed E-state index contributed by atoms with van der Waals surface area (Å²) in [6.07, 6.45) is -4.89. The Morgan fingerprint density at radius 1 is 1.09 bits per heavy atom. The van der Waals surface area contributed by atoms with Gasteiger partial charge in [0, 0.05) is 0 Å². The number of imidazole rings is 1. The molecule has 21 heteroatoms. The average Bonchev–Trinajstić information content (AvgIpc) is 3.08. The topological polar surface area (TPSA) is 279 Å². The van der Waals surface area contributed by atoms with Crippen LogP contribution in [-0.2, 0) is 31.6 Å². The van der Waals surface area contributed by atoms with Gasteiger partial charge in [-0.1, -0.05) is 0 Å². The van der Waals surface area contributed by atoms with Gasteiger partial charge in [0.15, 0.2) is 23.2 Å². The fraction of sp³-hybridized carbons (Fsp3) is 0.545. The summed E-state index contributed by atoms with van der Waals surface area (Å²) < 4.78 is 52.2. The second-order valence-corrected chi connectivity index (χ2v) is 10.8. The SMILES string of the molecule is Cc1nc2c(N)ncnc2n1[C@@H]1O[C@H](COP(=O)(O)OP(=O)(O)OP(=O)(O)O)[C@@H](O)[C@H]1O. The highest BCUT2D eigenvalue weighted by atomic mass is 31.3. The zero-order valence-corrected chi connectivity index (χ0v) is 18.5. The van der Waals surface area contributed by atoms with Crippen molar-refractivity contribution in [1.29, 1.82) is 0 Å². The van der Waals surface area contributed by atoms with Gasteiger partial charge in [-0.3, -0.25) is 9.09 Å². The quantitative estimate of drug-likeness (QED) is 0.198. The Morgan fingerprint density at radius 3 is 2.38 bits per heavy atom. The maximum Gasteiger partial charge on any atom is 0.490 e. The Kier molecular flexibility index (Phi) is 6.93. The van der Waals surface area contributed by atoms with Crippen molar-refractivity contribution >= 4 is 40.4 Å². The summed E-state index contributed by atoms with van der Waals surface area (Å²) in [6.45, 7) is 0.574. The maximum absolute atomic E-state index is 11.8. The summed E-state index contributed by atoms with van der Waals surface area (Å²) in [5, 5.41) is 20.6. The lowest BCUT2D eigenvalue weighted by molar-refractivity contribution is -0.0511. The first-order valence-electron chi connectivity index (χ1n) is 8.35. The molecule has 18 nitrogen and oxygen atoms in total. The smallest absolute Gasteiger partial charge is 0.387 e. The van der Waals surface area contributed by atoms with E-state index in [-0.39, 0.29) is 22.8 Å². The summed E-state index contributed by atoms with van der Waals surface area (Å²) in [6, 6.07) is 0. The molecule has 0 amide bonds. The molecule has 8 N–H and O–H groups in total. The molecule has 1 saturated heterocycles. The van der Waals surface area contributed by atoms with E-state index in [0.29, 0.717) is 0 Å². The minimum Gasteiger partial charge on any atom is -0.387 e. The predicted molar refractivity (Wildman–Crippen MR) is 100 cm³/mol. The molecule has 2 unspecified atom stereocenters. The van der Waals surface area contributed by atoms with Gasteiger partial charge in [-0.2, -0.15) is 8.62 Å². The van der Waals surface area contributed by atoms with Gasteiger partial charge in [-0.15, -0.1) is 0 Å². The Morgan fingerprint density at radius 2 is 1.75 bits per heavy atom. The van der Waals surface area contributed by atoms with E-state index in [9.17, 15) is 28.8 Å². The molecule has 180 valence electrons. The van der Waals surface area contributed by atoms with E-state index < -0.39 is 54.6 Å². The van der Waals surface area contributed by atoms with Crippen molar-refractivity contribution in [1.82, 2.24) is 19.5 Å². The number of aliphatic hydroxyl groups excluding tert-OH is 2. The fourth-order valence-corrected chi connectivity index (χ4v) is 5.92. The number of phosphoric acid groups is 3. The van der Waals surface area contributed by atoms with Crippen molar-refractivity contribution in [3.8, 4) is 0 Å². The number of rotatable bonds is 8. The first kappa shape index (κ1) is 25.3. The Balaban J connectivity index is 1.73. The van der Waals surface area contributed by atoms with Gasteiger partial charge in [0.2, 0.25) is 0 Å². The van der Waals surface area contributed by atoms with Gasteiger partial charge >= 0.3 is 23.5 Å². The molecule has 0 spiro atoms. The number of phosphoric ester groups is 1. The monoisotopic (exact) mass is 521 g/mol. The molecule has 32 heavy (non-hydrogen) atoms. The number of nitrogen functional groups attached to an aromatic ring is 1. The molecular weight excluding hydrogens is 503 g/mol. The van der Waals surface area contributed by atoms with E-state index in [1.165, 1.54) is 11.5 Å². The molecule has 0 saturated carbocycles. The van der Waals surface area contributed by atoms with Crippen molar-refractivity contribution in [3.05, 3.63) is 12.2 Å². The highest BCUT2D eigenvalue weighted by Gasteiger charge is 2.47. The van der Waals surface area contributed by atoms with E-state index in [1.807, 2.05) is 0 Å². The maximum atomic E-state index is 11.8. The molecular formula is C11H18N5O13P3. The number of aryl methyl sites for hydroxylation is 1. The third-order valence-electron chi connectivity index (χ3n) is 4.09. The molecule has 3 rings (SSSR count). The summed E-state index contributed by atoms with van der Waals surface area (Å²) >= 11 is 0. The van der Waals surface area contributed by atoms with Crippen LogP contribution in [0.1, 0.15) is 12.1 Å². The van der Waals surface area contributed by atoms with Crippen LogP contribution in [0.25, 0.3) is 11.2 Å². The first-order chi connectivity index (χ1) is 14.6. The van der Waals surface area contributed by atoms with Crippen LogP contribution in [0.3, 0.4) is 0 Å². The molecule has 1 fully saturated rings. The van der Waals surface area contributed by atoms with Gasteiger partial charge in [0.05, 0.1) is 6.61 Å². The highest BCUT2D eigenvalue weighted by molar-refractivity contribution is 7.66. The average molecular weight is 521 g/mol. The van der Waals surface area contributed by atoms with Crippen molar-refractivity contribution in [2.24, 2.45) is 0 Å². The summed E-state index contributed by atoms with van der Waals surface area (Å²) in [5.74, 6) is 0.325. The van der Waals surface area contributed by atoms with E-state index in [2.05, 4.69) is 28.1 Å². The number of aromatic nitrogens is 4. The zero-order valence-electron chi connectivity index (χ0n) is 15.8. The van der Waals surface area contributed by atoms with Gasteiger partial charge < -0.3 is 40.3 Å². The van der Waals surface area contributed by atoms with Crippen molar-refractivity contribution in [2.45, 2.75) is 31.5 Å². The zero-order chi connectivity index (χ0) is 24.1. The van der Waals surface area contributed by atoms with Gasteiger partial charge in [-0.25, -0.2) is 28.6 Å². The van der Waals surface area contributed by atoms with Crippen LogP contribution in [0.5, 0.6) is 0 Å². The van der Waals surface area contributed by atoms with E-state index in [0.717, 1.165) is 6.33 Å². The van der Waals surface area contributed by atoms with Crippen LogP contribution >= 0.6 is 23.5 Å². The number of nitrogens with two attached hydrogens (primary N) is 1. The van der Waals surface area contributed by atoms with Crippen LogP contribution in [-0.4, -0.2) is 74.2 Å². The second-order valence-electron chi connectivity index (χ2n) is 6.39. The number of fused-ring (bicyclic) bond motifs is 1. The molecule has 0 bridgehead atoms. The minimum absolute atomic E-state index is 0.0501. The molecule has 2 aromatic heterocycles. The Bertz CT molecular complexity index is 1150. The number of anilines is 1. The lowest BCUT2D eigenvalue weighted by Crippen LogP contribution is -2.33. The standard InChI is InChI=1S/C11H18N5O13P3/c1-4-15-6-9(12)13-3-14-10(6)16(4)11-8(18)7(17)5(27-11)2-26-31(22,23)29-32(24,25)28-30(19,20)21/h3,5,7-8,11,17-18H,2H2,1H3,(H,22,23)(H,24,25)(H2,12,13,14)(H2,19,20,21)/t5-,7-,8-,11-/m1/s1. The lowest BCUT2D eigenvalue weighted by atomic mass is 10.1. The summed E-state index contributed by atoms with van der Waals surface area (Å²) in [5.41, 5.74) is 6.10. The molecule has 6 atom stereocenters. The van der Waals surface area contributed by atoms with E-state index in [1.54, 1.807) is 0 Å². The summed E-state index contributed by atoms with van der Waals surface area (Å²) in [7, 11) is -16.7. The van der Waals surface area contributed by atoms with E-state index >= 15 is 0 Å². The van der Waals surface area contributed by atoms with Crippen molar-refractivity contribution in [3.63, 3.8) is 0 Å². The lowest BCUT2D eigenvalue weighted by Gasteiger charge is -2.19. The van der Waals surface area contributed by atoms with Crippen LogP contribution in [0, 0.1) is 6.92 Å². The largest absolute Gasteiger partial charge is 0.490 e. The number of hydrogen-bond donors (Lipinski definition) is 7. The number of aliphatic hydroxyl groups is 2. The normalized spacial score (nSPS) is 28.0. The second kappa shape index (κ2) is 8.77. The highest BCUT2D eigenvalue weighted by Crippen LogP contribution is 2.66. The molecule has 1 aliphatic heterocycles. The number of ether oxygens (including phenoxy) is 1. The van der Waals surface area contributed by atoms with Crippen LogP contribution in [0.15, 0.2) is 6.33 Å². The van der Waals surface area contributed by atoms with Crippen molar-refractivity contribution in [2.75, 3.05) is 12.3 Å². The molecule has 0 radical (unpaired) electrons. The minimum atomic E-state index is -5.71. The fourth-order valence-electron chi connectivity index (χ4n) is 2.89. The van der Waals surface area contributed by atoms with Gasteiger partial charge in [-0.05, 0) is 6.92 Å². The number of hydrogen-bond acceptors (Lipinski definition) is 13. The van der Waals surface area contributed by atoms with Crippen LogP contribution in [0.2, 0.25) is 0 Å². The summed E-state index contributed by atoms with van der Waals surface area (Å²) in [4.78, 5) is 47.7. The Hall–Kier alpha value is -1.36. The molecule has 3 heterocycles. The van der Waals surface area contributed by atoms with Crippen LogP contribution < -0.4 is 5.73 Å². The molecule has 2 aromatic rings. The van der Waals surface area contributed by atoms with Gasteiger partial charge in [0.25, 0.3) is 0 Å². The molecule has 1 aliphatic rings. The van der Waals surface area contributed by atoms with Crippen LogP contribution in [0.4, 0.5) is 5.82 Å². The third-order valence-corrected chi connectivity index (χ3v) is 7.89.